The fourth-order valence-electron chi connectivity index (χ4n) is 1.93. The molecule has 0 aliphatic heterocycles. The number of nitro benzene ring substituents is 1. The van der Waals surface area contributed by atoms with Crippen LogP contribution in [0.25, 0.3) is 0 Å². The minimum Gasteiger partial charge on any atom is -0.496 e. The summed E-state index contributed by atoms with van der Waals surface area (Å²) in [6.45, 7) is 0. The van der Waals surface area contributed by atoms with Crippen LogP contribution in [0.3, 0.4) is 0 Å². The van der Waals surface area contributed by atoms with Crippen LogP contribution in [0.2, 0.25) is 0 Å². The highest BCUT2D eigenvalue weighted by molar-refractivity contribution is 7.84. The second kappa shape index (κ2) is 6.36. The van der Waals surface area contributed by atoms with E-state index in [0.717, 1.165) is 0 Å². The van der Waals surface area contributed by atoms with Gasteiger partial charge in [-0.05, 0) is 24.3 Å². The van der Waals surface area contributed by atoms with Crippen molar-refractivity contribution in [2.45, 2.75) is 10.6 Å². The van der Waals surface area contributed by atoms with Gasteiger partial charge in [-0.25, -0.2) is 0 Å². The summed E-state index contributed by atoms with van der Waals surface area (Å²) in [6, 6.07) is 11.0. The van der Waals surface area contributed by atoms with Crippen LogP contribution in [0.4, 0.5) is 11.4 Å². The van der Waals surface area contributed by atoms with Crippen LogP contribution < -0.4 is 10.5 Å². The van der Waals surface area contributed by atoms with E-state index in [1.165, 1.54) is 19.2 Å². The molecule has 1 atom stereocenters. The number of nitro groups is 1. The molecule has 0 radical (unpaired) electrons. The summed E-state index contributed by atoms with van der Waals surface area (Å²) in [5.74, 6) is 0.648. The van der Waals surface area contributed by atoms with Gasteiger partial charge in [-0.1, -0.05) is 12.1 Å². The molecule has 6 nitrogen and oxygen atoms in total. The van der Waals surface area contributed by atoms with Gasteiger partial charge < -0.3 is 10.5 Å². The predicted octanol–water partition coefficient (Wildman–Crippen LogP) is 2.49. The summed E-state index contributed by atoms with van der Waals surface area (Å²) in [4.78, 5) is 10.6. The van der Waals surface area contributed by atoms with Gasteiger partial charge in [0.2, 0.25) is 0 Å². The van der Waals surface area contributed by atoms with Crippen molar-refractivity contribution in [1.82, 2.24) is 0 Å². The van der Waals surface area contributed by atoms with Crippen molar-refractivity contribution in [3.05, 3.63) is 58.1 Å². The third-order valence-corrected chi connectivity index (χ3v) is 4.31. The first-order valence-corrected chi connectivity index (χ1v) is 7.39. The Kier molecular flexibility index (Phi) is 4.54. The van der Waals surface area contributed by atoms with E-state index in [4.69, 9.17) is 10.5 Å². The smallest absolute Gasteiger partial charge is 0.285 e. The topological polar surface area (TPSA) is 95.5 Å². The molecule has 0 fully saturated rings. The SMILES string of the molecule is COc1ccc(N)cc1CS(=O)c1ccccc1[N+](=O)[O-]. The molecule has 0 amide bonds. The molecule has 110 valence electrons. The molecule has 7 heteroatoms. The number of ether oxygens (including phenoxy) is 1. The highest BCUT2D eigenvalue weighted by atomic mass is 32.2. The molecule has 0 saturated heterocycles. The van der Waals surface area contributed by atoms with Crippen molar-refractivity contribution in [3.63, 3.8) is 0 Å². The minimum absolute atomic E-state index is 0.0963. The van der Waals surface area contributed by atoms with Crippen LogP contribution in [-0.4, -0.2) is 16.2 Å². The zero-order valence-electron chi connectivity index (χ0n) is 11.3. The van der Waals surface area contributed by atoms with Gasteiger partial charge in [0.1, 0.15) is 10.6 Å². The van der Waals surface area contributed by atoms with Crippen LogP contribution >= 0.6 is 0 Å². The lowest BCUT2D eigenvalue weighted by Gasteiger charge is -2.09. The monoisotopic (exact) mass is 306 g/mol. The van der Waals surface area contributed by atoms with Crippen LogP contribution in [0, 0.1) is 10.1 Å². The third-order valence-electron chi connectivity index (χ3n) is 2.90. The van der Waals surface area contributed by atoms with Gasteiger partial charge in [-0.3, -0.25) is 14.3 Å². The number of rotatable bonds is 5. The number of hydrogen-bond acceptors (Lipinski definition) is 5. The number of nitrogens with two attached hydrogens (primary N) is 1. The highest BCUT2D eigenvalue weighted by Gasteiger charge is 2.19. The molecule has 0 aromatic heterocycles. The molecule has 0 aliphatic rings. The van der Waals surface area contributed by atoms with Gasteiger partial charge in [0.25, 0.3) is 5.69 Å². The zero-order chi connectivity index (χ0) is 15.4. The lowest BCUT2D eigenvalue weighted by atomic mass is 10.2. The van der Waals surface area contributed by atoms with E-state index in [0.29, 0.717) is 17.0 Å². The molecular weight excluding hydrogens is 292 g/mol. The molecule has 2 rings (SSSR count). The molecule has 2 aromatic rings. The lowest BCUT2D eigenvalue weighted by molar-refractivity contribution is -0.387. The molecule has 0 saturated carbocycles. The van der Waals surface area contributed by atoms with E-state index in [1.807, 2.05) is 0 Å². The number of para-hydroxylation sites is 1. The normalized spacial score (nSPS) is 11.9. The van der Waals surface area contributed by atoms with Crippen molar-refractivity contribution in [2.24, 2.45) is 0 Å². The van der Waals surface area contributed by atoms with E-state index in [2.05, 4.69) is 0 Å². The highest BCUT2D eigenvalue weighted by Crippen LogP contribution is 2.27. The zero-order valence-corrected chi connectivity index (χ0v) is 12.1. The van der Waals surface area contributed by atoms with Gasteiger partial charge in [-0.15, -0.1) is 0 Å². The maximum atomic E-state index is 12.4. The first-order chi connectivity index (χ1) is 10.0. The number of methoxy groups -OCH3 is 1. The van der Waals surface area contributed by atoms with Crippen molar-refractivity contribution in [2.75, 3.05) is 12.8 Å². The fraction of sp³-hybridized carbons (Fsp3) is 0.143. The summed E-state index contributed by atoms with van der Waals surface area (Å²) in [5, 5.41) is 11.0. The average Bonchev–Trinajstić information content (AvgIpc) is 2.47. The number of nitrogen functional groups attached to an aromatic ring is 1. The molecule has 0 aliphatic carbocycles. The standard InChI is InChI=1S/C14H14N2O4S/c1-20-13-7-6-11(15)8-10(13)9-21(19)14-5-3-2-4-12(14)16(17)18/h2-8H,9,15H2,1H3. The molecule has 0 bridgehead atoms. The summed E-state index contributed by atoms with van der Waals surface area (Å²) >= 11 is 0. The number of anilines is 1. The fourth-order valence-corrected chi connectivity index (χ4v) is 3.20. The molecule has 2 aromatic carbocycles. The summed E-state index contributed by atoms with van der Waals surface area (Å²) in [5.41, 5.74) is 6.72. The quantitative estimate of drug-likeness (QED) is 0.520. The van der Waals surface area contributed by atoms with Crippen molar-refractivity contribution < 1.29 is 13.9 Å². The van der Waals surface area contributed by atoms with Crippen molar-refractivity contribution >= 4 is 22.2 Å². The Hall–Kier alpha value is -2.41. The first-order valence-electron chi connectivity index (χ1n) is 6.07. The van der Waals surface area contributed by atoms with Gasteiger partial charge in [0.05, 0.1) is 28.6 Å². The Labute approximate surface area is 124 Å². The van der Waals surface area contributed by atoms with Crippen molar-refractivity contribution in [1.29, 1.82) is 0 Å². The second-order valence-corrected chi connectivity index (χ2v) is 5.71. The average molecular weight is 306 g/mol. The van der Waals surface area contributed by atoms with Gasteiger partial charge in [0, 0.05) is 17.3 Å². The third kappa shape index (κ3) is 3.38. The first kappa shape index (κ1) is 15.0. The number of benzene rings is 2. The Bertz CT molecular complexity index is 703. The summed E-state index contributed by atoms with van der Waals surface area (Å²) in [7, 11) is -0.0610. The number of nitrogens with zero attached hydrogens (tertiary/aromatic N) is 1. The molecule has 0 spiro atoms. The molecule has 21 heavy (non-hydrogen) atoms. The van der Waals surface area contributed by atoms with E-state index in [9.17, 15) is 14.3 Å². The van der Waals surface area contributed by atoms with E-state index in [-0.39, 0.29) is 16.3 Å². The maximum absolute atomic E-state index is 12.4. The minimum atomic E-state index is -1.56. The largest absolute Gasteiger partial charge is 0.496 e. The van der Waals surface area contributed by atoms with Crippen LogP contribution in [0.1, 0.15) is 5.56 Å². The Morgan fingerprint density at radius 1 is 1.29 bits per heavy atom. The van der Waals surface area contributed by atoms with E-state index < -0.39 is 15.7 Å². The van der Waals surface area contributed by atoms with Gasteiger partial charge in [0.15, 0.2) is 0 Å². The molecule has 2 N–H and O–H groups in total. The van der Waals surface area contributed by atoms with Crippen LogP contribution in [0.15, 0.2) is 47.4 Å². The van der Waals surface area contributed by atoms with Crippen LogP contribution in [0.5, 0.6) is 5.75 Å². The van der Waals surface area contributed by atoms with Crippen molar-refractivity contribution in [3.8, 4) is 5.75 Å². The Balaban J connectivity index is 2.35. The second-order valence-electron chi connectivity index (χ2n) is 4.29. The number of hydrogen-bond donors (Lipinski definition) is 1. The predicted molar refractivity (Wildman–Crippen MR) is 80.6 cm³/mol. The Morgan fingerprint density at radius 3 is 2.67 bits per heavy atom. The van der Waals surface area contributed by atoms with E-state index in [1.54, 1.807) is 30.3 Å². The molecular formula is C14H14N2O4S. The van der Waals surface area contributed by atoms with Gasteiger partial charge in [-0.2, -0.15) is 0 Å². The summed E-state index contributed by atoms with van der Waals surface area (Å²) < 4.78 is 17.6. The molecule has 0 heterocycles. The lowest BCUT2D eigenvalue weighted by Crippen LogP contribution is -2.03. The Morgan fingerprint density at radius 2 is 2.00 bits per heavy atom. The molecule has 1 unspecified atom stereocenters. The van der Waals surface area contributed by atoms with Crippen LogP contribution in [-0.2, 0) is 16.6 Å². The summed E-state index contributed by atoms with van der Waals surface area (Å²) in [6.07, 6.45) is 0. The maximum Gasteiger partial charge on any atom is 0.285 e. The van der Waals surface area contributed by atoms with Gasteiger partial charge >= 0.3 is 0 Å². The van der Waals surface area contributed by atoms with E-state index >= 15 is 0 Å².